The summed E-state index contributed by atoms with van der Waals surface area (Å²) in [6.07, 6.45) is -1.42. The second-order valence-corrected chi connectivity index (χ2v) is 3.07. The molecule has 0 aromatic rings. The molecular weight excluding hydrogens is 209 g/mol. The number of hydrogen-bond acceptors (Lipinski definition) is 3. The Morgan fingerprint density at radius 2 is 1.67 bits per heavy atom. The fraction of sp³-hybridized carbons (Fsp3) is 0.800. The third-order valence-corrected chi connectivity index (χ3v) is 0.798. The molecule has 12 heavy (non-hydrogen) atoms. The largest absolute Gasteiger partial charge is 0.462 e. The topological polar surface area (TPSA) is 59.0 Å². The van der Waals surface area contributed by atoms with Crippen LogP contribution in [0.15, 0.2) is 0 Å². The van der Waals surface area contributed by atoms with Crippen molar-refractivity contribution >= 4 is 29.3 Å². The molecule has 7 heteroatoms. The van der Waals surface area contributed by atoms with Crippen molar-refractivity contribution in [2.75, 3.05) is 0 Å². The van der Waals surface area contributed by atoms with Crippen LogP contribution in [0.5, 0.6) is 0 Å². The molecule has 1 amide bonds. The maximum atomic E-state index is 10.3. The van der Waals surface area contributed by atoms with Gasteiger partial charge in [-0.05, 0) is 19.1 Å². The second-order valence-electron chi connectivity index (χ2n) is 1.84. The van der Waals surface area contributed by atoms with E-state index in [1.807, 2.05) is 0 Å². The first-order valence-electron chi connectivity index (χ1n) is 3.08. The standard InChI is InChI=1S/C5H9Cl2NO4/c1-3(6)11-8(5(9)10)12-4(2)7/h3-4H,1-2H3,(H,9,10). The minimum Gasteiger partial charge on any atom is -0.462 e. The molecule has 0 saturated carbocycles. The van der Waals surface area contributed by atoms with E-state index in [9.17, 15) is 4.79 Å². The van der Waals surface area contributed by atoms with E-state index in [0.717, 1.165) is 0 Å². The van der Waals surface area contributed by atoms with E-state index in [1.165, 1.54) is 13.8 Å². The lowest BCUT2D eigenvalue weighted by atomic mass is 10.9. The lowest BCUT2D eigenvalue weighted by Gasteiger charge is -2.19. The maximum absolute atomic E-state index is 10.3. The van der Waals surface area contributed by atoms with Gasteiger partial charge in [0, 0.05) is 0 Å². The van der Waals surface area contributed by atoms with E-state index < -0.39 is 17.2 Å². The van der Waals surface area contributed by atoms with Crippen molar-refractivity contribution in [2.45, 2.75) is 25.0 Å². The lowest BCUT2D eigenvalue weighted by Crippen LogP contribution is -2.33. The van der Waals surface area contributed by atoms with E-state index in [4.69, 9.17) is 28.3 Å². The molecule has 2 unspecified atom stereocenters. The Kier molecular flexibility index (Phi) is 5.32. The van der Waals surface area contributed by atoms with Gasteiger partial charge in [-0.2, -0.15) is 0 Å². The molecule has 0 heterocycles. The molecule has 0 aromatic carbocycles. The van der Waals surface area contributed by atoms with Gasteiger partial charge in [0.25, 0.3) is 0 Å². The molecule has 0 spiro atoms. The van der Waals surface area contributed by atoms with Gasteiger partial charge in [-0.1, -0.05) is 23.2 Å². The molecule has 0 aliphatic heterocycles. The molecule has 0 bridgehead atoms. The average Bonchev–Trinajstić information content (AvgIpc) is 1.83. The van der Waals surface area contributed by atoms with E-state index in [1.54, 1.807) is 0 Å². The molecule has 0 fully saturated rings. The summed E-state index contributed by atoms with van der Waals surface area (Å²) in [6.45, 7) is 2.89. The summed E-state index contributed by atoms with van der Waals surface area (Å²) in [5.74, 6) is 0. The quantitative estimate of drug-likeness (QED) is 0.579. The van der Waals surface area contributed by atoms with E-state index in [-0.39, 0.29) is 5.23 Å². The third kappa shape index (κ3) is 5.42. The van der Waals surface area contributed by atoms with Crippen molar-refractivity contribution < 1.29 is 19.6 Å². The molecule has 0 aliphatic carbocycles. The zero-order chi connectivity index (χ0) is 9.72. The molecular formula is C5H9Cl2NO4. The summed E-state index contributed by atoms with van der Waals surface area (Å²) in [7, 11) is 0. The first kappa shape index (κ1) is 11.8. The molecule has 0 aromatic heterocycles. The number of nitrogens with zero attached hydrogens (tertiary/aromatic N) is 1. The molecule has 5 nitrogen and oxygen atoms in total. The summed E-state index contributed by atoms with van der Waals surface area (Å²) in [4.78, 5) is 19.4. The zero-order valence-corrected chi connectivity index (χ0v) is 8.04. The van der Waals surface area contributed by atoms with Gasteiger partial charge >= 0.3 is 6.09 Å². The molecule has 72 valence electrons. The first-order chi connectivity index (χ1) is 5.43. The maximum Gasteiger partial charge on any atom is 0.457 e. The molecule has 1 N–H and O–H groups in total. The number of carboxylic acid groups (broad SMARTS) is 1. The Morgan fingerprint density at radius 3 is 1.83 bits per heavy atom. The SMILES string of the molecule is CC(Cl)ON(OC(C)Cl)C(=O)O. The predicted octanol–water partition coefficient (Wildman–Crippen LogP) is 2.00. The zero-order valence-electron chi connectivity index (χ0n) is 6.53. The van der Waals surface area contributed by atoms with Gasteiger partial charge in [0.15, 0.2) is 11.1 Å². The summed E-state index contributed by atoms with van der Waals surface area (Å²) in [5, 5.41) is 8.65. The number of alkyl halides is 2. The van der Waals surface area contributed by atoms with Crippen LogP contribution in [0.25, 0.3) is 0 Å². The van der Waals surface area contributed by atoms with Gasteiger partial charge in [-0.3, -0.25) is 0 Å². The highest BCUT2D eigenvalue weighted by atomic mass is 35.5. The number of hydrogen-bond donors (Lipinski definition) is 1. The number of rotatable bonds is 4. The van der Waals surface area contributed by atoms with Gasteiger partial charge in [-0.25, -0.2) is 14.5 Å². The van der Waals surface area contributed by atoms with Crippen molar-refractivity contribution in [3.8, 4) is 0 Å². The molecule has 0 aliphatic rings. The number of hydroxylamine groups is 2. The average molecular weight is 218 g/mol. The van der Waals surface area contributed by atoms with Crippen LogP contribution in [0.1, 0.15) is 13.8 Å². The Hall–Kier alpha value is -0.230. The molecule has 0 radical (unpaired) electrons. The Morgan fingerprint density at radius 1 is 1.33 bits per heavy atom. The molecule has 2 atom stereocenters. The Bertz CT molecular complexity index is 142. The highest BCUT2D eigenvalue weighted by Gasteiger charge is 2.18. The minimum atomic E-state index is -1.42. The first-order valence-corrected chi connectivity index (χ1v) is 3.95. The van der Waals surface area contributed by atoms with Crippen molar-refractivity contribution in [1.82, 2.24) is 5.23 Å². The fourth-order valence-corrected chi connectivity index (χ4v) is 0.524. The van der Waals surface area contributed by atoms with Crippen LogP contribution in [-0.4, -0.2) is 27.6 Å². The molecule has 0 rings (SSSR count). The third-order valence-electron chi connectivity index (χ3n) is 0.638. The van der Waals surface area contributed by atoms with E-state index in [2.05, 4.69) is 9.68 Å². The summed E-state index contributed by atoms with van der Waals surface area (Å²) in [5.41, 5.74) is -1.62. The number of carbonyl (C=O) groups is 1. The Labute approximate surface area is 79.7 Å². The lowest BCUT2D eigenvalue weighted by molar-refractivity contribution is -0.344. The van der Waals surface area contributed by atoms with Crippen LogP contribution in [0, 0.1) is 0 Å². The van der Waals surface area contributed by atoms with Gasteiger partial charge < -0.3 is 5.11 Å². The Balaban J connectivity index is 3.96. The van der Waals surface area contributed by atoms with Crippen LogP contribution in [0.3, 0.4) is 0 Å². The highest BCUT2D eigenvalue weighted by Crippen LogP contribution is 2.07. The van der Waals surface area contributed by atoms with Crippen molar-refractivity contribution in [2.24, 2.45) is 0 Å². The number of halogens is 2. The van der Waals surface area contributed by atoms with Gasteiger partial charge in [0.1, 0.15) is 0 Å². The van der Waals surface area contributed by atoms with Gasteiger partial charge in [0.05, 0.1) is 0 Å². The fourth-order valence-electron chi connectivity index (χ4n) is 0.379. The second kappa shape index (κ2) is 5.42. The van der Waals surface area contributed by atoms with Gasteiger partial charge in [-0.15, -0.1) is 0 Å². The van der Waals surface area contributed by atoms with Crippen molar-refractivity contribution in [3.63, 3.8) is 0 Å². The summed E-state index contributed by atoms with van der Waals surface area (Å²) >= 11 is 10.7. The number of amides is 1. The van der Waals surface area contributed by atoms with Crippen LogP contribution in [-0.2, 0) is 9.68 Å². The van der Waals surface area contributed by atoms with E-state index >= 15 is 0 Å². The molecule has 0 saturated heterocycles. The smallest absolute Gasteiger partial charge is 0.457 e. The highest BCUT2D eigenvalue weighted by molar-refractivity contribution is 6.19. The summed E-state index contributed by atoms with van der Waals surface area (Å²) in [6, 6.07) is 0. The van der Waals surface area contributed by atoms with Crippen molar-refractivity contribution in [3.05, 3.63) is 0 Å². The van der Waals surface area contributed by atoms with Crippen LogP contribution in [0.2, 0.25) is 0 Å². The van der Waals surface area contributed by atoms with Crippen LogP contribution >= 0.6 is 23.2 Å². The predicted molar refractivity (Wildman–Crippen MR) is 42.7 cm³/mol. The monoisotopic (exact) mass is 217 g/mol. The normalized spacial score (nSPS) is 15.3. The van der Waals surface area contributed by atoms with Crippen LogP contribution in [0.4, 0.5) is 4.79 Å². The van der Waals surface area contributed by atoms with Crippen LogP contribution < -0.4 is 0 Å². The minimum absolute atomic E-state index is 0.218. The van der Waals surface area contributed by atoms with Gasteiger partial charge in [0.2, 0.25) is 0 Å². The van der Waals surface area contributed by atoms with Crippen molar-refractivity contribution in [1.29, 1.82) is 0 Å². The summed E-state index contributed by atoms with van der Waals surface area (Å²) < 4.78 is 0. The van der Waals surface area contributed by atoms with E-state index in [0.29, 0.717) is 0 Å².